The van der Waals surface area contributed by atoms with Gasteiger partial charge in [0.1, 0.15) is 6.61 Å². The quantitative estimate of drug-likeness (QED) is 0.581. The number of carbonyl (C=O) groups is 1. The van der Waals surface area contributed by atoms with Crippen LogP contribution in [0.4, 0.5) is 0 Å². The Morgan fingerprint density at radius 3 is 2.88 bits per heavy atom. The van der Waals surface area contributed by atoms with Gasteiger partial charge in [-0.3, -0.25) is 4.79 Å². The molecule has 1 aliphatic heterocycles. The molecule has 0 aromatic rings. The molecule has 0 bridgehead atoms. The van der Waals surface area contributed by atoms with Gasteiger partial charge in [0.05, 0.1) is 0 Å². The van der Waals surface area contributed by atoms with Crippen LogP contribution in [0, 0.1) is 0 Å². The molecular weight excluding hydrogens is 218 g/mol. The van der Waals surface area contributed by atoms with Crippen LogP contribution in [-0.4, -0.2) is 63.3 Å². The van der Waals surface area contributed by atoms with Crippen molar-refractivity contribution >= 4 is 5.91 Å². The van der Waals surface area contributed by atoms with Gasteiger partial charge in [0.15, 0.2) is 0 Å². The zero-order valence-corrected chi connectivity index (χ0v) is 10.8. The Bertz CT molecular complexity index is 206. The van der Waals surface area contributed by atoms with Crippen molar-refractivity contribution in [2.45, 2.75) is 19.8 Å². The Morgan fingerprint density at radius 1 is 1.41 bits per heavy atom. The summed E-state index contributed by atoms with van der Waals surface area (Å²) >= 11 is 0. The van der Waals surface area contributed by atoms with Crippen molar-refractivity contribution in [3.8, 4) is 0 Å². The summed E-state index contributed by atoms with van der Waals surface area (Å²) in [5.41, 5.74) is 0. The number of carbonyl (C=O) groups excluding carboxylic acids is 1. The molecule has 5 heteroatoms. The van der Waals surface area contributed by atoms with Gasteiger partial charge < -0.3 is 20.3 Å². The number of rotatable bonds is 8. The predicted molar refractivity (Wildman–Crippen MR) is 68.0 cm³/mol. The van der Waals surface area contributed by atoms with Gasteiger partial charge in [-0.25, -0.2) is 0 Å². The number of nitrogens with zero attached hydrogens (tertiary/aromatic N) is 1. The van der Waals surface area contributed by atoms with Crippen molar-refractivity contribution in [3.05, 3.63) is 0 Å². The first-order chi connectivity index (χ1) is 8.33. The van der Waals surface area contributed by atoms with Crippen LogP contribution < -0.4 is 10.6 Å². The third-order valence-corrected chi connectivity index (χ3v) is 2.76. The van der Waals surface area contributed by atoms with E-state index in [0.717, 1.165) is 52.1 Å². The van der Waals surface area contributed by atoms with E-state index in [1.807, 2.05) is 6.92 Å². The van der Waals surface area contributed by atoms with E-state index in [-0.39, 0.29) is 12.5 Å². The number of piperazine rings is 1. The fraction of sp³-hybridized carbons (Fsp3) is 0.917. The fourth-order valence-corrected chi connectivity index (χ4v) is 1.83. The molecule has 1 saturated heterocycles. The van der Waals surface area contributed by atoms with Crippen molar-refractivity contribution in [1.29, 1.82) is 0 Å². The molecule has 17 heavy (non-hydrogen) atoms. The molecule has 0 atom stereocenters. The molecule has 0 spiro atoms. The minimum absolute atomic E-state index is 0.00115. The van der Waals surface area contributed by atoms with E-state index in [1.165, 1.54) is 0 Å². The first-order valence-corrected chi connectivity index (χ1v) is 6.60. The maximum absolute atomic E-state index is 11.3. The van der Waals surface area contributed by atoms with Crippen LogP contribution in [0.5, 0.6) is 0 Å². The van der Waals surface area contributed by atoms with E-state index in [9.17, 15) is 4.79 Å². The molecule has 1 rings (SSSR count). The average Bonchev–Trinajstić information content (AvgIpc) is 2.36. The van der Waals surface area contributed by atoms with E-state index < -0.39 is 0 Å². The van der Waals surface area contributed by atoms with Crippen molar-refractivity contribution in [2.24, 2.45) is 0 Å². The molecule has 5 nitrogen and oxygen atoms in total. The van der Waals surface area contributed by atoms with E-state index in [0.29, 0.717) is 6.61 Å². The molecule has 1 amide bonds. The molecular formula is C12H25N3O2. The lowest BCUT2D eigenvalue weighted by Crippen LogP contribution is -2.44. The maximum atomic E-state index is 11.3. The van der Waals surface area contributed by atoms with Gasteiger partial charge in [0.2, 0.25) is 5.91 Å². The monoisotopic (exact) mass is 243 g/mol. The molecule has 0 aliphatic carbocycles. The largest absolute Gasteiger partial charge is 0.372 e. The van der Waals surface area contributed by atoms with Crippen LogP contribution in [0.2, 0.25) is 0 Å². The number of amides is 1. The summed E-state index contributed by atoms with van der Waals surface area (Å²) in [7, 11) is 0. The lowest BCUT2D eigenvalue weighted by molar-refractivity contribution is -0.125. The van der Waals surface area contributed by atoms with Crippen LogP contribution in [0.25, 0.3) is 0 Å². The molecule has 0 aromatic carbocycles. The summed E-state index contributed by atoms with van der Waals surface area (Å²) in [5, 5.41) is 6.20. The van der Waals surface area contributed by atoms with Gasteiger partial charge in [0, 0.05) is 39.3 Å². The van der Waals surface area contributed by atoms with Gasteiger partial charge in [-0.1, -0.05) is 6.92 Å². The standard InChI is InChI=1S/C12H25N3O2/c1-2-10-17-11-12(16)14-4-3-7-15-8-5-13-6-9-15/h13H,2-11H2,1H3,(H,14,16). The third-order valence-electron chi connectivity index (χ3n) is 2.76. The Labute approximate surface area is 104 Å². The summed E-state index contributed by atoms with van der Waals surface area (Å²) in [6.07, 6.45) is 1.97. The van der Waals surface area contributed by atoms with Crippen LogP contribution >= 0.6 is 0 Å². The molecule has 0 aromatic heterocycles. The van der Waals surface area contributed by atoms with Crippen LogP contribution in [0.1, 0.15) is 19.8 Å². The SMILES string of the molecule is CCCOCC(=O)NCCCN1CCNCC1. The van der Waals surface area contributed by atoms with Gasteiger partial charge in [-0.2, -0.15) is 0 Å². The number of hydrogen-bond acceptors (Lipinski definition) is 4. The number of ether oxygens (including phenoxy) is 1. The highest BCUT2D eigenvalue weighted by atomic mass is 16.5. The highest BCUT2D eigenvalue weighted by molar-refractivity contribution is 5.77. The predicted octanol–water partition coefficient (Wildman–Crippen LogP) is -0.175. The van der Waals surface area contributed by atoms with Gasteiger partial charge >= 0.3 is 0 Å². The van der Waals surface area contributed by atoms with Crippen molar-refractivity contribution in [3.63, 3.8) is 0 Å². The second-order valence-electron chi connectivity index (χ2n) is 4.35. The zero-order chi connectivity index (χ0) is 12.3. The Balaban J connectivity index is 1.90. The van der Waals surface area contributed by atoms with Gasteiger partial charge in [-0.05, 0) is 19.4 Å². The topological polar surface area (TPSA) is 53.6 Å². The first-order valence-electron chi connectivity index (χ1n) is 6.60. The van der Waals surface area contributed by atoms with E-state index >= 15 is 0 Å². The summed E-state index contributed by atoms with van der Waals surface area (Å²) in [6, 6.07) is 0. The first kappa shape index (κ1) is 14.4. The minimum Gasteiger partial charge on any atom is -0.372 e. The molecule has 0 unspecified atom stereocenters. The Hall–Kier alpha value is -0.650. The summed E-state index contributed by atoms with van der Waals surface area (Å²) in [4.78, 5) is 13.7. The van der Waals surface area contributed by atoms with E-state index in [4.69, 9.17) is 4.74 Å². The minimum atomic E-state index is -0.00115. The molecule has 1 fully saturated rings. The number of nitrogens with one attached hydrogen (secondary N) is 2. The van der Waals surface area contributed by atoms with Crippen molar-refractivity contribution < 1.29 is 9.53 Å². The van der Waals surface area contributed by atoms with Crippen molar-refractivity contribution in [1.82, 2.24) is 15.5 Å². The smallest absolute Gasteiger partial charge is 0.245 e. The normalized spacial score (nSPS) is 17.0. The molecule has 0 saturated carbocycles. The maximum Gasteiger partial charge on any atom is 0.245 e. The van der Waals surface area contributed by atoms with E-state index in [2.05, 4.69) is 15.5 Å². The van der Waals surface area contributed by atoms with Crippen LogP contribution in [-0.2, 0) is 9.53 Å². The Kier molecular flexibility index (Phi) is 7.96. The van der Waals surface area contributed by atoms with Gasteiger partial charge in [0.25, 0.3) is 0 Å². The highest BCUT2D eigenvalue weighted by Crippen LogP contribution is 1.93. The molecule has 1 aliphatic rings. The fourth-order valence-electron chi connectivity index (χ4n) is 1.83. The Morgan fingerprint density at radius 2 is 2.18 bits per heavy atom. The molecule has 0 radical (unpaired) electrons. The van der Waals surface area contributed by atoms with Gasteiger partial charge in [-0.15, -0.1) is 0 Å². The van der Waals surface area contributed by atoms with Crippen LogP contribution in [0.3, 0.4) is 0 Å². The van der Waals surface area contributed by atoms with Crippen LogP contribution in [0.15, 0.2) is 0 Å². The molecule has 2 N–H and O–H groups in total. The third kappa shape index (κ3) is 7.31. The summed E-state index contributed by atoms with van der Waals surface area (Å²) in [5.74, 6) is -0.00115. The lowest BCUT2D eigenvalue weighted by Gasteiger charge is -2.27. The molecule has 100 valence electrons. The average molecular weight is 243 g/mol. The second-order valence-corrected chi connectivity index (χ2v) is 4.35. The highest BCUT2D eigenvalue weighted by Gasteiger charge is 2.08. The lowest BCUT2D eigenvalue weighted by atomic mass is 10.3. The number of hydrogen-bond donors (Lipinski definition) is 2. The summed E-state index contributed by atoms with van der Waals surface area (Å²) < 4.78 is 5.16. The van der Waals surface area contributed by atoms with Crippen molar-refractivity contribution in [2.75, 3.05) is 52.5 Å². The second kappa shape index (κ2) is 9.39. The zero-order valence-electron chi connectivity index (χ0n) is 10.8. The summed E-state index contributed by atoms with van der Waals surface area (Å²) in [6.45, 7) is 9.10. The molecule has 1 heterocycles. The van der Waals surface area contributed by atoms with E-state index in [1.54, 1.807) is 0 Å².